The number of nitrogen functional groups attached to an aromatic ring is 1. The van der Waals surface area contributed by atoms with E-state index in [-0.39, 0.29) is 5.91 Å². The second-order valence-corrected chi connectivity index (χ2v) is 4.66. The Labute approximate surface area is 107 Å². The predicted octanol–water partition coefficient (Wildman–Crippen LogP) is 1.16. The van der Waals surface area contributed by atoms with Crippen molar-refractivity contribution in [1.82, 2.24) is 9.88 Å². The van der Waals surface area contributed by atoms with Gasteiger partial charge in [-0.2, -0.15) is 0 Å². The number of piperidine rings is 1. The molecule has 2 heterocycles. The summed E-state index contributed by atoms with van der Waals surface area (Å²) >= 11 is 0. The van der Waals surface area contributed by atoms with Gasteiger partial charge < -0.3 is 15.4 Å². The molecule has 1 aromatic rings. The number of hydrogen-bond acceptors (Lipinski definition) is 4. The first-order valence-electron chi connectivity index (χ1n) is 6.21. The Morgan fingerprint density at radius 3 is 3.17 bits per heavy atom. The van der Waals surface area contributed by atoms with Gasteiger partial charge in [0.15, 0.2) is 0 Å². The first kappa shape index (κ1) is 12.8. The molecule has 0 aliphatic carbocycles. The van der Waals surface area contributed by atoms with Crippen molar-refractivity contribution >= 4 is 11.7 Å². The van der Waals surface area contributed by atoms with Gasteiger partial charge in [0.25, 0.3) is 5.91 Å². The van der Waals surface area contributed by atoms with Crippen LogP contribution in [0.15, 0.2) is 18.2 Å². The molecular formula is C13H19N3O2. The number of rotatable bonds is 3. The molecule has 1 fully saturated rings. The molecule has 98 valence electrons. The van der Waals surface area contributed by atoms with Gasteiger partial charge in [-0.05, 0) is 30.9 Å². The monoisotopic (exact) mass is 249 g/mol. The fourth-order valence-corrected chi connectivity index (χ4v) is 2.35. The van der Waals surface area contributed by atoms with E-state index < -0.39 is 0 Å². The van der Waals surface area contributed by atoms with Gasteiger partial charge in [-0.1, -0.05) is 6.07 Å². The zero-order valence-electron chi connectivity index (χ0n) is 10.6. The fraction of sp³-hybridized carbons (Fsp3) is 0.538. The van der Waals surface area contributed by atoms with Crippen molar-refractivity contribution in [2.45, 2.75) is 12.8 Å². The maximum absolute atomic E-state index is 12.3. The SMILES string of the molecule is COCC1CCCN(C(=O)c2cccc(N)n2)C1. The van der Waals surface area contributed by atoms with E-state index in [1.54, 1.807) is 25.3 Å². The standard InChI is InChI=1S/C13H19N3O2/c1-18-9-10-4-3-7-16(8-10)13(17)11-5-2-6-12(14)15-11/h2,5-6,10H,3-4,7-9H2,1H3,(H2,14,15). The largest absolute Gasteiger partial charge is 0.384 e. The molecule has 18 heavy (non-hydrogen) atoms. The van der Waals surface area contributed by atoms with Crippen LogP contribution in [0.4, 0.5) is 5.82 Å². The van der Waals surface area contributed by atoms with Crippen molar-refractivity contribution in [3.63, 3.8) is 0 Å². The van der Waals surface area contributed by atoms with Gasteiger partial charge in [-0.3, -0.25) is 4.79 Å². The number of methoxy groups -OCH3 is 1. The van der Waals surface area contributed by atoms with Crippen molar-refractivity contribution in [3.8, 4) is 0 Å². The van der Waals surface area contributed by atoms with Crippen molar-refractivity contribution in [3.05, 3.63) is 23.9 Å². The van der Waals surface area contributed by atoms with Gasteiger partial charge in [-0.25, -0.2) is 4.98 Å². The molecule has 0 bridgehead atoms. The Hall–Kier alpha value is -1.62. The van der Waals surface area contributed by atoms with E-state index in [2.05, 4.69) is 4.98 Å². The Balaban J connectivity index is 2.04. The summed E-state index contributed by atoms with van der Waals surface area (Å²) in [4.78, 5) is 18.2. The molecule has 5 nitrogen and oxygen atoms in total. The van der Waals surface area contributed by atoms with Crippen molar-refractivity contribution in [1.29, 1.82) is 0 Å². The van der Waals surface area contributed by atoms with Crippen LogP contribution in [0.2, 0.25) is 0 Å². The number of carbonyl (C=O) groups excluding carboxylic acids is 1. The fourth-order valence-electron chi connectivity index (χ4n) is 2.35. The Bertz CT molecular complexity index is 420. The second-order valence-electron chi connectivity index (χ2n) is 4.66. The van der Waals surface area contributed by atoms with Crippen LogP contribution in [-0.2, 0) is 4.74 Å². The van der Waals surface area contributed by atoms with E-state index in [4.69, 9.17) is 10.5 Å². The van der Waals surface area contributed by atoms with Gasteiger partial charge >= 0.3 is 0 Å². The predicted molar refractivity (Wildman–Crippen MR) is 69.2 cm³/mol. The number of likely N-dealkylation sites (tertiary alicyclic amines) is 1. The van der Waals surface area contributed by atoms with Crippen LogP contribution < -0.4 is 5.73 Å². The van der Waals surface area contributed by atoms with Crippen LogP contribution >= 0.6 is 0 Å². The lowest BCUT2D eigenvalue weighted by atomic mass is 9.98. The highest BCUT2D eigenvalue weighted by molar-refractivity contribution is 5.92. The van der Waals surface area contributed by atoms with E-state index in [0.29, 0.717) is 24.0 Å². The number of amides is 1. The third kappa shape index (κ3) is 2.98. The molecule has 1 aliphatic rings. The average Bonchev–Trinajstić information content (AvgIpc) is 2.39. The lowest BCUT2D eigenvalue weighted by Gasteiger charge is -2.32. The van der Waals surface area contributed by atoms with E-state index in [1.165, 1.54) is 0 Å². The quantitative estimate of drug-likeness (QED) is 0.873. The summed E-state index contributed by atoms with van der Waals surface area (Å²) in [5, 5.41) is 0. The lowest BCUT2D eigenvalue weighted by molar-refractivity contribution is 0.0566. The smallest absolute Gasteiger partial charge is 0.272 e. The zero-order chi connectivity index (χ0) is 13.0. The zero-order valence-corrected chi connectivity index (χ0v) is 10.6. The number of nitrogens with zero attached hydrogens (tertiary/aromatic N) is 2. The molecule has 2 N–H and O–H groups in total. The van der Waals surface area contributed by atoms with E-state index in [9.17, 15) is 4.79 Å². The summed E-state index contributed by atoms with van der Waals surface area (Å²) < 4.78 is 5.16. The lowest BCUT2D eigenvalue weighted by Crippen LogP contribution is -2.41. The number of ether oxygens (including phenoxy) is 1. The highest BCUT2D eigenvalue weighted by Crippen LogP contribution is 2.18. The molecule has 1 unspecified atom stereocenters. The molecule has 1 saturated heterocycles. The molecule has 1 amide bonds. The summed E-state index contributed by atoms with van der Waals surface area (Å²) in [5.41, 5.74) is 6.02. The van der Waals surface area contributed by atoms with E-state index in [0.717, 1.165) is 25.9 Å². The van der Waals surface area contributed by atoms with Gasteiger partial charge in [0, 0.05) is 20.2 Å². The van der Waals surface area contributed by atoms with Gasteiger partial charge in [0.2, 0.25) is 0 Å². The van der Waals surface area contributed by atoms with Gasteiger partial charge in [-0.15, -0.1) is 0 Å². The molecule has 0 radical (unpaired) electrons. The maximum Gasteiger partial charge on any atom is 0.272 e. The molecular weight excluding hydrogens is 230 g/mol. The molecule has 2 rings (SSSR count). The third-order valence-corrected chi connectivity index (χ3v) is 3.20. The summed E-state index contributed by atoms with van der Waals surface area (Å²) in [6.45, 7) is 2.23. The molecule has 0 saturated carbocycles. The summed E-state index contributed by atoms with van der Waals surface area (Å²) in [7, 11) is 1.69. The van der Waals surface area contributed by atoms with Crippen molar-refractivity contribution in [2.75, 3.05) is 32.5 Å². The van der Waals surface area contributed by atoms with Crippen LogP contribution in [0.25, 0.3) is 0 Å². The normalized spacial score (nSPS) is 19.8. The second kappa shape index (κ2) is 5.82. The molecule has 0 spiro atoms. The molecule has 1 aromatic heterocycles. The molecule has 1 atom stereocenters. The third-order valence-electron chi connectivity index (χ3n) is 3.20. The van der Waals surface area contributed by atoms with E-state index in [1.807, 2.05) is 4.90 Å². The van der Waals surface area contributed by atoms with Crippen LogP contribution in [0.5, 0.6) is 0 Å². The number of anilines is 1. The van der Waals surface area contributed by atoms with Crippen LogP contribution in [0.1, 0.15) is 23.3 Å². The average molecular weight is 249 g/mol. The van der Waals surface area contributed by atoms with Crippen molar-refractivity contribution < 1.29 is 9.53 Å². The van der Waals surface area contributed by atoms with Crippen LogP contribution in [0, 0.1) is 5.92 Å². The van der Waals surface area contributed by atoms with Gasteiger partial charge in [0.05, 0.1) is 6.61 Å². The minimum Gasteiger partial charge on any atom is -0.384 e. The summed E-state index contributed by atoms with van der Waals surface area (Å²) in [6, 6.07) is 5.14. The molecule has 1 aliphatic heterocycles. The number of carbonyl (C=O) groups is 1. The van der Waals surface area contributed by atoms with Crippen molar-refractivity contribution in [2.24, 2.45) is 5.92 Å². The first-order chi connectivity index (χ1) is 8.70. The molecule has 5 heteroatoms. The summed E-state index contributed by atoms with van der Waals surface area (Å²) in [6.07, 6.45) is 2.13. The minimum absolute atomic E-state index is 0.0388. The Kier molecular flexibility index (Phi) is 4.15. The van der Waals surface area contributed by atoms with Crippen LogP contribution in [-0.4, -0.2) is 42.6 Å². The maximum atomic E-state index is 12.3. The number of pyridine rings is 1. The highest BCUT2D eigenvalue weighted by atomic mass is 16.5. The highest BCUT2D eigenvalue weighted by Gasteiger charge is 2.25. The Morgan fingerprint density at radius 2 is 2.44 bits per heavy atom. The first-order valence-corrected chi connectivity index (χ1v) is 6.21. The minimum atomic E-state index is -0.0388. The number of hydrogen-bond donors (Lipinski definition) is 1. The van der Waals surface area contributed by atoms with Gasteiger partial charge in [0.1, 0.15) is 11.5 Å². The topological polar surface area (TPSA) is 68.5 Å². The van der Waals surface area contributed by atoms with E-state index >= 15 is 0 Å². The number of nitrogens with two attached hydrogens (primary N) is 1. The number of aromatic nitrogens is 1. The Morgan fingerprint density at radius 1 is 1.61 bits per heavy atom. The molecule has 0 aromatic carbocycles. The summed E-state index contributed by atoms with van der Waals surface area (Å²) in [5.74, 6) is 0.767. The van der Waals surface area contributed by atoms with Crippen LogP contribution in [0.3, 0.4) is 0 Å².